The predicted molar refractivity (Wildman–Crippen MR) is 107 cm³/mol. The van der Waals surface area contributed by atoms with Gasteiger partial charge >= 0.3 is 0 Å². The molecule has 2 nitrogen and oxygen atoms in total. The first-order valence-corrected chi connectivity index (χ1v) is 8.11. The van der Waals surface area contributed by atoms with Crippen LogP contribution in [-0.2, 0) is 0 Å². The average Bonchev–Trinajstić information content (AvgIpc) is 2.51. The highest BCUT2D eigenvalue weighted by Crippen LogP contribution is 2.35. The van der Waals surface area contributed by atoms with E-state index >= 15 is 0 Å². The number of halogens is 2. The van der Waals surface area contributed by atoms with Crippen LogP contribution in [0.2, 0.25) is 0 Å². The van der Waals surface area contributed by atoms with Crippen molar-refractivity contribution in [2.45, 2.75) is 47.1 Å². The highest BCUT2D eigenvalue weighted by molar-refractivity contribution is 5.85. The van der Waals surface area contributed by atoms with Crippen LogP contribution in [0.1, 0.15) is 45.8 Å². The second-order valence-electron chi connectivity index (χ2n) is 6.36. The molecule has 1 aromatic rings. The fourth-order valence-electron chi connectivity index (χ4n) is 3.63. The summed E-state index contributed by atoms with van der Waals surface area (Å²) >= 11 is 0. The molecule has 0 bridgehead atoms. The Morgan fingerprint density at radius 1 is 0.913 bits per heavy atom. The summed E-state index contributed by atoms with van der Waals surface area (Å²) in [4.78, 5) is 2.63. The van der Waals surface area contributed by atoms with Crippen molar-refractivity contribution >= 4 is 24.8 Å². The summed E-state index contributed by atoms with van der Waals surface area (Å²) in [6, 6.07) is 0.475. The molecule has 0 unspecified atom stereocenters. The van der Waals surface area contributed by atoms with E-state index in [4.69, 9.17) is 0 Å². The molecule has 2 rings (SSSR count). The smallest absolute Gasteiger partial charge is 0.0388 e. The van der Waals surface area contributed by atoms with Gasteiger partial charge in [0.2, 0.25) is 0 Å². The van der Waals surface area contributed by atoms with E-state index in [1.54, 1.807) is 0 Å². The molecule has 0 spiro atoms. The zero-order valence-electron chi connectivity index (χ0n) is 15.2. The summed E-state index contributed by atoms with van der Waals surface area (Å²) in [5, 5.41) is 3.46. The van der Waals surface area contributed by atoms with Crippen LogP contribution in [0.5, 0.6) is 0 Å². The van der Waals surface area contributed by atoms with E-state index < -0.39 is 0 Å². The Kier molecular flexibility index (Phi) is 9.46. The monoisotopic (exact) mass is 358 g/mol. The van der Waals surface area contributed by atoms with Gasteiger partial charge in [-0.1, -0.05) is 6.08 Å². The van der Waals surface area contributed by atoms with E-state index in [0.29, 0.717) is 6.04 Å². The van der Waals surface area contributed by atoms with Crippen LogP contribution in [0.3, 0.4) is 0 Å². The SMILES string of the molecule is C=CC[C@H](c1c(C)c(C)c(C)c(C)c1C)N1CCNCC1.Cl.Cl. The molecular weight excluding hydrogens is 327 g/mol. The highest BCUT2D eigenvalue weighted by atomic mass is 35.5. The first kappa shape index (κ1) is 22.5. The van der Waals surface area contributed by atoms with E-state index in [-0.39, 0.29) is 24.8 Å². The van der Waals surface area contributed by atoms with Gasteiger partial charge in [-0.25, -0.2) is 0 Å². The third kappa shape index (κ3) is 4.51. The van der Waals surface area contributed by atoms with Crippen molar-refractivity contribution in [1.29, 1.82) is 0 Å². The van der Waals surface area contributed by atoms with Crippen molar-refractivity contribution in [3.8, 4) is 0 Å². The van der Waals surface area contributed by atoms with Crippen LogP contribution < -0.4 is 5.32 Å². The molecule has 0 amide bonds. The Balaban J connectivity index is 0.00000242. The number of nitrogens with one attached hydrogen (secondary N) is 1. The molecule has 0 aliphatic carbocycles. The number of rotatable bonds is 4. The predicted octanol–water partition coefficient (Wildman–Crippen LogP) is 4.59. The van der Waals surface area contributed by atoms with E-state index in [9.17, 15) is 0 Å². The first-order chi connectivity index (χ1) is 9.99. The molecule has 4 heteroatoms. The molecule has 1 aromatic carbocycles. The molecule has 1 heterocycles. The molecule has 23 heavy (non-hydrogen) atoms. The zero-order chi connectivity index (χ0) is 15.6. The van der Waals surface area contributed by atoms with E-state index in [1.165, 1.54) is 33.4 Å². The van der Waals surface area contributed by atoms with Gasteiger partial charge in [-0.2, -0.15) is 0 Å². The van der Waals surface area contributed by atoms with Gasteiger partial charge in [0.15, 0.2) is 0 Å². The third-order valence-corrected chi connectivity index (χ3v) is 5.37. The largest absolute Gasteiger partial charge is 0.314 e. The Labute approximate surface area is 154 Å². The summed E-state index contributed by atoms with van der Waals surface area (Å²) in [7, 11) is 0. The Morgan fingerprint density at radius 3 is 1.78 bits per heavy atom. The molecule has 1 atom stereocenters. The number of piperazine rings is 1. The molecule has 1 aliphatic heterocycles. The maximum atomic E-state index is 4.00. The summed E-state index contributed by atoms with van der Waals surface area (Å²) in [6.45, 7) is 19.8. The number of benzene rings is 1. The lowest BCUT2D eigenvalue weighted by molar-refractivity contribution is 0.173. The number of hydrogen-bond donors (Lipinski definition) is 1. The lowest BCUT2D eigenvalue weighted by Crippen LogP contribution is -2.45. The number of nitrogens with zero attached hydrogens (tertiary/aromatic N) is 1. The van der Waals surface area contributed by atoms with E-state index in [2.05, 4.69) is 57.5 Å². The molecule has 0 aromatic heterocycles. The summed E-state index contributed by atoms with van der Waals surface area (Å²) < 4.78 is 0. The normalized spacial score (nSPS) is 16.2. The minimum absolute atomic E-state index is 0. The number of hydrogen-bond acceptors (Lipinski definition) is 2. The summed E-state index contributed by atoms with van der Waals surface area (Å²) in [6.07, 6.45) is 3.11. The lowest BCUT2D eigenvalue weighted by Gasteiger charge is -2.37. The maximum absolute atomic E-state index is 4.00. The summed E-state index contributed by atoms with van der Waals surface area (Å²) in [5.74, 6) is 0. The topological polar surface area (TPSA) is 15.3 Å². The summed E-state index contributed by atoms with van der Waals surface area (Å²) in [5.41, 5.74) is 8.85. The van der Waals surface area contributed by atoms with Gasteiger partial charge in [-0.3, -0.25) is 4.90 Å². The van der Waals surface area contributed by atoms with Gasteiger partial charge in [0.25, 0.3) is 0 Å². The molecule has 1 N–H and O–H groups in total. The molecule has 0 radical (unpaired) electrons. The molecule has 1 fully saturated rings. The Bertz CT molecular complexity index is 506. The van der Waals surface area contributed by atoms with Crippen LogP contribution >= 0.6 is 24.8 Å². The minimum Gasteiger partial charge on any atom is -0.314 e. The van der Waals surface area contributed by atoms with Crippen molar-refractivity contribution in [3.63, 3.8) is 0 Å². The van der Waals surface area contributed by atoms with Crippen LogP contribution in [0.4, 0.5) is 0 Å². The van der Waals surface area contributed by atoms with Gasteiger partial charge < -0.3 is 5.32 Å². The van der Waals surface area contributed by atoms with Crippen LogP contribution in [0, 0.1) is 34.6 Å². The fraction of sp³-hybridized carbons (Fsp3) is 0.579. The lowest BCUT2D eigenvalue weighted by atomic mass is 9.84. The second kappa shape index (κ2) is 9.68. The molecule has 1 aliphatic rings. The van der Waals surface area contributed by atoms with Crippen molar-refractivity contribution < 1.29 is 0 Å². The average molecular weight is 359 g/mol. The fourth-order valence-corrected chi connectivity index (χ4v) is 3.63. The van der Waals surface area contributed by atoms with Gasteiger partial charge in [0.1, 0.15) is 0 Å². The third-order valence-electron chi connectivity index (χ3n) is 5.37. The molecule has 0 saturated carbocycles. The van der Waals surface area contributed by atoms with E-state index in [1.807, 2.05) is 0 Å². The minimum atomic E-state index is 0. The van der Waals surface area contributed by atoms with Gasteiger partial charge in [-0.05, 0) is 74.4 Å². The molecule has 132 valence electrons. The van der Waals surface area contributed by atoms with Crippen molar-refractivity contribution in [1.82, 2.24) is 10.2 Å². The molecular formula is C19H32Cl2N2. The van der Waals surface area contributed by atoms with Crippen molar-refractivity contribution in [2.24, 2.45) is 0 Å². The molecule has 1 saturated heterocycles. The van der Waals surface area contributed by atoms with Crippen molar-refractivity contribution in [3.05, 3.63) is 46.0 Å². The van der Waals surface area contributed by atoms with Gasteiger partial charge in [0.05, 0.1) is 0 Å². The Hall–Kier alpha value is -0.540. The van der Waals surface area contributed by atoms with E-state index in [0.717, 1.165) is 32.6 Å². The second-order valence-corrected chi connectivity index (χ2v) is 6.36. The Morgan fingerprint density at radius 2 is 1.35 bits per heavy atom. The van der Waals surface area contributed by atoms with Gasteiger partial charge in [0, 0.05) is 32.2 Å². The quantitative estimate of drug-likeness (QED) is 0.791. The van der Waals surface area contributed by atoms with Crippen LogP contribution in [-0.4, -0.2) is 31.1 Å². The van der Waals surface area contributed by atoms with Crippen LogP contribution in [0.15, 0.2) is 12.7 Å². The maximum Gasteiger partial charge on any atom is 0.0388 e. The van der Waals surface area contributed by atoms with Gasteiger partial charge in [-0.15, -0.1) is 31.4 Å². The zero-order valence-corrected chi connectivity index (χ0v) is 16.8. The standard InChI is InChI=1S/C19H30N2.2ClH/c1-7-8-18(21-11-9-20-10-12-21)19-16(5)14(3)13(2)15(4)17(19)6;;/h7,18,20H,1,8-12H2,2-6H3;2*1H/t18-;;/m1../s1. The highest BCUT2D eigenvalue weighted by Gasteiger charge is 2.25. The first-order valence-electron chi connectivity index (χ1n) is 8.11. The van der Waals surface area contributed by atoms with Crippen molar-refractivity contribution in [2.75, 3.05) is 26.2 Å². The van der Waals surface area contributed by atoms with Crippen LogP contribution in [0.25, 0.3) is 0 Å².